The number of ether oxygens (including phenoxy) is 1. The fourth-order valence-corrected chi connectivity index (χ4v) is 4.78. The van der Waals surface area contributed by atoms with Gasteiger partial charge in [-0.25, -0.2) is 4.98 Å². The summed E-state index contributed by atoms with van der Waals surface area (Å²) < 4.78 is 6.90. The van der Waals surface area contributed by atoms with E-state index < -0.39 is 0 Å². The molecule has 0 spiro atoms. The van der Waals surface area contributed by atoms with E-state index in [-0.39, 0.29) is 11.9 Å². The molecule has 0 saturated carbocycles. The van der Waals surface area contributed by atoms with Gasteiger partial charge < -0.3 is 20.3 Å². The number of rotatable bonds is 4. The third kappa shape index (κ3) is 4.22. The molecule has 0 radical (unpaired) electrons. The van der Waals surface area contributed by atoms with E-state index >= 15 is 0 Å². The number of carbonyl (C=O) groups is 1. The minimum atomic E-state index is -0.337. The molecule has 1 amide bonds. The predicted octanol–water partition coefficient (Wildman–Crippen LogP) is 2.84. The molecule has 4 aromatic rings. The molecule has 1 aliphatic rings. The number of fused-ring (bicyclic) bond motifs is 2. The summed E-state index contributed by atoms with van der Waals surface area (Å²) in [4.78, 5) is 24.6. The molecular weight excluding hydrogens is 444 g/mol. The molecule has 2 aromatic heterocycles. The molecule has 178 valence electrons. The highest BCUT2D eigenvalue weighted by molar-refractivity contribution is 6.14. The van der Waals surface area contributed by atoms with Crippen LogP contribution in [0.5, 0.6) is 6.01 Å². The van der Waals surface area contributed by atoms with Crippen LogP contribution < -0.4 is 20.3 Å². The summed E-state index contributed by atoms with van der Waals surface area (Å²) >= 11 is 0. The van der Waals surface area contributed by atoms with E-state index in [1.54, 1.807) is 36.1 Å². The third-order valence-electron chi connectivity index (χ3n) is 6.13. The Morgan fingerprint density at radius 2 is 2.00 bits per heavy atom. The molecule has 2 atom stereocenters. The maximum Gasteiger partial charge on any atom is 0.316 e. The van der Waals surface area contributed by atoms with Gasteiger partial charge in [0.25, 0.3) is 5.91 Å². The Morgan fingerprint density at radius 1 is 1.23 bits per heavy atom. The van der Waals surface area contributed by atoms with E-state index in [1.165, 1.54) is 7.11 Å². The number of aryl methyl sites for hydroxylation is 1. The molecule has 2 N–H and O–H groups in total. The number of nitriles is 1. The van der Waals surface area contributed by atoms with Crippen molar-refractivity contribution in [3.8, 4) is 12.1 Å². The molecule has 0 bridgehead atoms. The topological polar surface area (TPSA) is 121 Å². The van der Waals surface area contributed by atoms with Crippen molar-refractivity contribution in [1.82, 2.24) is 25.1 Å². The van der Waals surface area contributed by atoms with Crippen LogP contribution in [0.1, 0.15) is 29.8 Å². The second-order valence-corrected chi connectivity index (χ2v) is 8.96. The number of methoxy groups -OCH3 is 1. The number of benzene rings is 2. The average Bonchev–Trinajstić information content (AvgIpc) is 3.21. The van der Waals surface area contributed by atoms with Gasteiger partial charge in [-0.1, -0.05) is 0 Å². The van der Waals surface area contributed by atoms with Crippen LogP contribution in [0.25, 0.3) is 21.8 Å². The maximum atomic E-state index is 13.4. The van der Waals surface area contributed by atoms with Crippen molar-refractivity contribution < 1.29 is 9.53 Å². The van der Waals surface area contributed by atoms with Gasteiger partial charge in [-0.05, 0) is 38.1 Å². The van der Waals surface area contributed by atoms with Crippen molar-refractivity contribution in [2.24, 2.45) is 7.05 Å². The highest BCUT2D eigenvalue weighted by Crippen LogP contribution is 2.31. The van der Waals surface area contributed by atoms with Crippen molar-refractivity contribution in [1.29, 1.82) is 5.26 Å². The Morgan fingerprint density at radius 3 is 2.71 bits per heavy atom. The van der Waals surface area contributed by atoms with Crippen molar-refractivity contribution >= 4 is 39.1 Å². The SMILES string of the molecule is COc1ncc2c(N3CC(C)NC(C)C3)ccc(C(=O)Nc3cc(C#N)c4nn(C)cc4c3)c2n1. The highest BCUT2D eigenvalue weighted by atomic mass is 16.5. The van der Waals surface area contributed by atoms with Gasteiger partial charge in [0, 0.05) is 66.8 Å². The van der Waals surface area contributed by atoms with Crippen molar-refractivity contribution in [3.63, 3.8) is 0 Å². The lowest BCUT2D eigenvalue weighted by Gasteiger charge is -2.38. The first kappa shape index (κ1) is 22.6. The zero-order chi connectivity index (χ0) is 24.7. The number of nitrogens with zero attached hydrogens (tertiary/aromatic N) is 6. The van der Waals surface area contributed by atoms with E-state index in [0.717, 1.165) is 29.5 Å². The Labute approximate surface area is 202 Å². The van der Waals surface area contributed by atoms with Crippen molar-refractivity contribution in [3.05, 3.63) is 47.8 Å². The Hall–Kier alpha value is -4.23. The fourth-order valence-electron chi connectivity index (χ4n) is 4.78. The van der Waals surface area contributed by atoms with Gasteiger partial charge in [-0.15, -0.1) is 0 Å². The highest BCUT2D eigenvalue weighted by Gasteiger charge is 2.25. The van der Waals surface area contributed by atoms with Gasteiger partial charge in [0.1, 0.15) is 11.6 Å². The van der Waals surface area contributed by atoms with E-state index in [4.69, 9.17) is 4.74 Å². The molecule has 1 aliphatic heterocycles. The summed E-state index contributed by atoms with van der Waals surface area (Å²) in [6, 6.07) is 10.2. The quantitative estimate of drug-likeness (QED) is 0.467. The van der Waals surface area contributed by atoms with E-state index in [1.807, 2.05) is 12.3 Å². The largest absolute Gasteiger partial charge is 0.467 e. The number of anilines is 2. The minimum absolute atomic E-state index is 0.189. The smallest absolute Gasteiger partial charge is 0.316 e. The Kier molecular flexibility index (Phi) is 5.70. The summed E-state index contributed by atoms with van der Waals surface area (Å²) in [6.07, 6.45) is 3.52. The van der Waals surface area contributed by atoms with Crippen LogP contribution in [0.2, 0.25) is 0 Å². The van der Waals surface area contributed by atoms with Crippen LogP contribution in [-0.4, -0.2) is 57.9 Å². The molecule has 2 aromatic carbocycles. The fraction of sp³-hybridized carbons (Fsp3) is 0.320. The van der Waals surface area contributed by atoms with Crippen molar-refractivity contribution in [2.45, 2.75) is 25.9 Å². The van der Waals surface area contributed by atoms with Gasteiger partial charge in [0.15, 0.2) is 0 Å². The van der Waals surface area contributed by atoms with E-state index in [9.17, 15) is 10.1 Å². The molecule has 1 saturated heterocycles. The summed E-state index contributed by atoms with van der Waals surface area (Å²) in [6.45, 7) is 5.97. The number of piperazine rings is 1. The molecule has 0 aliphatic carbocycles. The number of aromatic nitrogens is 4. The first-order valence-corrected chi connectivity index (χ1v) is 11.4. The van der Waals surface area contributed by atoms with Crippen LogP contribution in [0.4, 0.5) is 11.4 Å². The zero-order valence-corrected chi connectivity index (χ0v) is 20.0. The number of nitrogens with one attached hydrogen (secondary N) is 2. The molecular formula is C25H26N8O2. The summed E-state index contributed by atoms with van der Waals surface area (Å²) in [5.74, 6) is -0.337. The average molecular weight is 471 g/mol. The molecule has 10 heteroatoms. The minimum Gasteiger partial charge on any atom is -0.467 e. The van der Waals surface area contributed by atoms with E-state index in [0.29, 0.717) is 39.9 Å². The molecule has 10 nitrogen and oxygen atoms in total. The second-order valence-electron chi connectivity index (χ2n) is 8.96. The standard InChI is InChI=1S/C25H26N8O2/c1-14-11-33(12-15(2)28-14)21-6-5-19(23-20(21)10-27-25(30-23)35-4)24(34)29-18-7-16(9-26)22-17(8-18)13-32(3)31-22/h5-8,10,13-15,28H,11-12H2,1-4H3,(H,29,34). The van der Waals surface area contributed by atoms with Crippen LogP contribution >= 0.6 is 0 Å². The zero-order valence-electron chi connectivity index (χ0n) is 20.0. The number of amides is 1. The third-order valence-corrected chi connectivity index (χ3v) is 6.13. The molecule has 2 unspecified atom stereocenters. The van der Waals surface area contributed by atoms with Gasteiger partial charge >= 0.3 is 6.01 Å². The normalized spacial score (nSPS) is 18.0. The van der Waals surface area contributed by atoms with Crippen molar-refractivity contribution in [2.75, 3.05) is 30.4 Å². The summed E-state index contributed by atoms with van der Waals surface area (Å²) in [5.41, 5.74) is 3.38. The van der Waals surface area contributed by atoms with E-state index in [2.05, 4.69) is 50.5 Å². The second kappa shape index (κ2) is 8.85. The van der Waals surface area contributed by atoms with Crippen LogP contribution in [0, 0.1) is 11.3 Å². The van der Waals surface area contributed by atoms with Crippen LogP contribution in [0.15, 0.2) is 36.7 Å². The maximum absolute atomic E-state index is 13.4. The lowest BCUT2D eigenvalue weighted by molar-refractivity contribution is 0.102. The van der Waals surface area contributed by atoms with Gasteiger partial charge in [0.05, 0.1) is 23.8 Å². The van der Waals surface area contributed by atoms with Gasteiger partial charge in [-0.2, -0.15) is 15.3 Å². The summed E-state index contributed by atoms with van der Waals surface area (Å²) in [7, 11) is 3.29. The number of carbonyl (C=O) groups excluding carboxylic acids is 1. The monoisotopic (exact) mass is 470 g/mol. The Bertz CT molecular complexity index is 1480. The lowest BCUT2D eigenvalue weighted by Crippen LogP contribution is -2.54. The molecule has 35 heavy (non-hydrogen) atoms. The molecule has 3 heterocycles. The first-order valence-electron chi connectivity index (χ1n) is 11.4. The lowest BCUT2D eigenvalue weighted by atomic mass is 10.0. The number of hydrogen-bond acceptors (Lipinski definition) is 8. The number of hydrogen-bond donors (Lipinski definition) is 2. The van der Waals surface area contributed by atoms with Gasteiger partial charge in [0.2, 0.25) is 0 Å². The predicted molar refractivity (Wildman–Crippen MR) is 134 cm³/mol. The first-order chi connectivity index (χ1) is 16.9. The van der Waals surface area contributed by atoms with Gasteiger partial charge in [-0.3, -0.25) is 9.48 Å². The molecule has 1 fully saturated rings. The van der Waals surface area contributed by atoms with Crippen LogP contribution in [-0.2, 0) is 7.05 Å². The molecule has 5 rings (SSSR count). The summed E-state index contributed by atoms with van der Waals surface area (Å²) in [5, 5.41) is 21.9. The van der Waals surface area contributed by atoms with Crippen LogP contribution in [0.3, 0.4) is 0 Å². The Balaban J connectivity index is 1.55.